The van der Waals surface area contributed by atoms with Crippen LogP contribution in [0.4, 0.5) is 11.4 Å². The van der Waals surface area contributed by atoms with Crippen LogP contribution >= 0.6 is 11.6 Å². The van der Waals surface area contributed by atoms with E-state index in [4.69, 9.17) is 16.3 Å². The lowest BCUT2D eigenvalue weighted by atomic mass is 10.2. The normalized spacial score (nSPS) is 10.1. The molecule has 0 saturated carbocycles. The number of nitrogens with one attached hydrogen (secondary N) is 1. The number of carbonyl (C=O) groups excluding carboxylic acids is 1. The van der Waals surface area contributed by atoms with Crippen LogP contribution in [0.3, 0.4) is 0 Å². The first-order chi connectivity index (χ1) is 11.1. The van der Waals surface area contributed by atoms with E-state index in [2.05, 4.69) is 5.32 Å². The molecule has 6 nitrogen and oxygen atoms in total. The van der Waals surface area contributed by atoms with Crippen LogP contribution in [0.2, 0.25) is 5.02 Å². The standard InChI is InChI=1S/C16H15ClN2O4/c17-13-7-8-15(19(21)22)14(11-13)18-9-4-10-23-16(20)12-5-2-1-3-6-12/h1-3,5-8,11,18H,4,9-10H2. The van der Waals surface area contributed by atoms with Crippen LogP contribution in [0.5, 0.6) is 0 Å². The Morgan fingerprint density at radius 3 is 2.65 bits per heavy atom. The van der Waals surface area contributed by atoms with Gasteiger partial charge in [-0.15, -0.1) is 0 Å². The van der Waals surface area contributed by atoms with Crippen molar-refractivity contribution in [3.8, 4) is 0 Å². The van der Waals surface area contributed by atoms with Gasteiger partial charge in [0, 0.05) is 17.6 Å². The van der Waals surface area contributed by atoms with Gasteiger partial charge < -0.3 is 10.1 Å². The van der Waals surface area contributed by atoms with Crippen LogP contribution in [-0.2, 0) is 4.74 Å². The number of benzene rings is 2. The SMILES string of the molecule is O=C(OCCCNc1cc(Cl)ccc1[N+](=O)[O-])c1ccccc1. The van der Waals surface area contributed by atoms with Gasteiger partial charge in [0.05, 0.1) is 17.1 Å². The molecule has 0 radical (unpaired) electrons. The van der Waals surface area contributed by atoms with Crippen molar-refractivity contribution in [2.75, 3.05) is 18.5 Å². The molecule has 2 aromatic rings. The molecule has 7 heteroatoms. The maximum absolute atomic E-state index is 11.7. The van der Waals surface area contributed by atoms with E-state index >= 15 is 0 Å². The fourth-order valence-electron chi connectivity index (χ4n) is 1.93. The maximum atomic E-state index is 11.7. The summed E-state index contributed by atoms with van der Waals surface area (Å²) in [6, 6.07) is 13.0. The Morgan fingerprint density at radius 2 is 1.96 bits per heavy atom. The molecule has 0 atom stereocenters. The predicted molar refractivity (Wildman–Crippen MR) is 87.9 cm³/mol. The number of anilines is 1. The van der Waals surface area contributed by atoms with Gasteiger partial charge in [-0.3, -0.25) is 10.1 Å². The van der Waals surface area contributed by atoms with E-state index in [0.29, 0.717) is 29.2 Å². The number of rotatable bonds is 7. The van der Waals surface area contributed by atoms with Crippen molar-refractivity contribution < 1.29 is 14.5 Å². The summed E-state index contributed by atoms with van der Waals surface area (Å²) < 4.78 is 5.13. The molecule has 0 saturated heterocycles. The number of esters is 1. The van der Waals surface area contributed by atoms with E-state index in [1.165, 1.54) is 18.2 Å². The Labute approximate surface area is 138 Å². The zero-order valence-electron chi connectivity index (χ0n) is 12.2. The molecule has 0 aliphatic heterocycles. The number of nitrogens with zero attached hydrogens (tertiary/aromatic N) is 1. The van der Waals surface area contributed by atoms with Gasteiger partial charge in [-0.05, 0) is 30.7 Å². The third-order valence-corrected chi connectivity index (χ3v) is 3.27. The van der Waals surface area contributed by atoms with E-state index in [0.717, 1.165) is 0 Å². The smallest absolute Gasteiger partial charge is 0.338 e. The largest absolute Gasteiger partial charge is 0.462 e. The number of carbonyl (C=O) groups is 1. The summed E-state index contributed by atoms with van der Waals surface area (Å²) in [4.78, 5) is 22.2. The van der Waals surface area contributed by atoms with E-state index in [1.807, 2.05) is 6.07 Å². The topological polar surface area (TPSA) is 81.5 Å². The second-order valence-corrected chi connectivity index (χ2v) is 5.14. The minimum atomic E-state index is -0.478. The summed E-state index contributed by atoms with van der Waals surface area (Å²) in [7, 11) is 0. The number of nitro benzene ring substituents is 1. The highest BCUT2D eigenvalue weighted by molar-refractivity contribution is 6.31. The molecule has 0 aliphatic carbocycles. The van der Waals surface area contributed by atoms with Crippen LogP contribution in [0.15, 0.2) is 48.5 Å². The summed E-state index contributed by atoms with van der Waals surface area (Å²) >= 11 is 5.84. The van der Waals surface area contributed by atoms with Crippen LogP contribution in [0.1, 0.15) is 16.8 Å². The molecule has 2 aromatic carbocycles. The molecule has 0 aromatic heterocycles. The number of nitro groups is 1. The van der Waals surface area contributed by atoms with Gasteiger partial charge >= 0.3 is 5.97 Å². The lowest BCUT2D eigenvalue weighted by Gasteiger charge is -2.08. The van der Waals surface area contributed by atoms with Crippen LogP contribution in [-0.4, -0.2) is 24.0 Å². The average molecular weight is 335 g/mol. The van der Waals surface area contributed by atoms with Crippen molar-refractivity contribution in [1.29, 1.82) is 0 Å². The quantitative estimate of drug-likeness (QED) is 0.359. The Balaban J connectivity index is 1.79. The highest BCUT2D eigenvalue weighted by Gasteiger charge is 2.13. The monoisotopic (exact) mass is 334 g/mol. The van der Waals surface area contributed by atoms with E-state index < -0.39 is 4.92 Å². The van der Waals surface area contributed by atoms with Gasteiger partial charge in [-0.1, -0.05) is 29.8 Å². The van der Waals surface area contributed by atoms with Crippen molar-refractivity contribution in [3.05, 3.63) is 69.2 Å². The average Bonchev–Trinajstić information content (AvgIpc) is 2.55. The number of hydrogen-bond donors (Lipinski definition) is 1. The zero-order valence-corrected chi connectivity index (χ0v) is 13.0. The molecule has 0 bridgehead atoms. The van der Waals surface area contributed by atoms with E-state index in [9.17, 15) is 14.9 Å². The minimum absolute atomic E-state index is 0.0457. The van der Waals surface area contributed by atoms with Crippen LogP contribution in [0.25, 0.3) is 0 Å². The Morgan fingerprint density at radius 1 is 1.22 bits per heavy atom. The molecule has 0 heterocycles. The van der Waals surface area contributed by atoms with Gasteiger partial charge in [0.2, 0.25) is 0 Å². The maximum Gasteiger partial charge on any atom is 0.338 e. The predicted octanol–water partition coefficient (Wildman–Crippen LogP) is 3.91. The van der Waals surface area contributed by atoms with E-state index in [1.54, 1.807) is 24.3 Å². The van der Waals surface area contributed by atoms with E-state index in [-0.39, 0.29) is 18.3 Å². The summed E-state index contributed by atoms with van der Waals surface area (Å²) in [6.45, 7) is 0.637. The fraction of sp³-hybridized carbons (Fsp3) is 0.188. The third-order valence-electron chi connectivity index (χ3n) is 3.03. The second kappa shape index (κ2) is 8.14. The summed E-state index contributed by atoms with van der Waals surface area (Å²) in [5, 5.41) is 14.3. The summed E-state index contributed by atoms with van der Waals surface area (Å²) in [5.74, 6) is -0.390. The lowest BCUT2D eigenvalue weighted by Crippen LogP contribution is -2.11. The molecular formula is C16H15ClN2O4. The molecule has 1 N–H and O–H groups in total. The first kappa shape index (κ1) is 16.8. The highest BCUT2D eigenvalue weighted by atomic mass is 35.5. The lowest BCUT2D eigenvalue weighted by molar-refractivity contribution is -0.384. The molecule has 0 unspecified atom stereocenters. The molecule has 23 heavy (non-hydrogen) atoms. The van der Waals surface area contributed by atoms with Gasteiger partial charge in [-0.2, -0.15) is 0 Å². The van der Waals surface area contributed by atoms with Gasteiger partial charge in [0.15, 0.2) is 0 Å². The molecule has 0 fully saturated rings. The molecule has 2 rings (SSSR count). The van der Waals surface area contributed by atoms with Crippen molar-refractivity contribution in [2.24, 2.45) is 0 Å². The van der Waals surface area contributed by atoms with Crippen molar-refractivity contribution >= 4 is 28.9 Å². The fourth-order valence-corrected chi connectivity index (χ4v) is 2.10. The van der Waals surface area contributed by atoms with Crippen molar-refractivity contribution in [2.45, 2.75) is 6.42 Å². The molecule has 0 spiro atoms. The molecule has 0 aliphatic rings. The molecule has 120 valence electrons. The van der Waals surface area contributed by atoms with Gasteiger partial charge in [0.1, 0.15) is 5.69 Å². The summed E-state index contributed by atoms with van der Waals surface area (Å²) in [5.41, 5.74) is 0.790. The minimum Gasteiger partial charge on any atom is -0.462 e. The number of ether oxygens (including phenoxy) is 1. The van der Waals surface area contributed by atoms with Crippen molar-refractivity contribution in [1.82, 2.24) is 0 Å². The van der Waals surface area contributed by atoms with Gasteiger partial charge in [-0.25, -0.2) is 4.79 Å². The first-order valence-corrected chi connectivity index (χ1v) is 7.35. The Bertz CT molecular complexity index is 692. The number of hydrogen-bond acceptors (Lipinski definition) is 5. The first-order valence-electron chi connectivity index (χ1n) is 6.98. The molecular weight excluding hydrogens is 320 g/mol. The summed E-state index contributed by atoms with van der Waals surface area (Å²) in [6.07, 6.45) is 0.516. The second-order valence-electron chi connectivity index (χ2n) is 4.70. The third kappa shape index (κ3) is 4.96. The zero-order chi connectivity index (χ0) is 16.7. The van der Waals surface area contributed by atoms with Crippen LogP contribution < -0.4 is 5.32 Å². The highest BCUT2D eigenvalue weighted by Crippen LogP contribution is 2.27. The number of halogens is 1. The molecule has 0 amide bonds. The van der Waals surface area contributed by atoms with Crippen molar-refractivity contribution in [3.63, 3.8) is 0 Å². The Hall–Kier alpha value is -2.60. The van der Waals surface area contributed by atoms with Crippen LogP contribution in [0, 0.1) is 10.1 Å². The Kier molecular flexibility index (Phi) is 5.94. The van der Waals surface area contributed by atoms with Gasteiger partial charge in [0.25, 0.3) is 5.69 Å².